The summed E-state index contributed by atoms with van der Waals surface area (Å²) in [6.45, 7) is 3.95. The van der Waals surface area contributed by atoms with Crippen molar-refractivity contribution in [2.24, 2.45) is 0 Å². The molecule has 0 atom stereocenters. The van der Waals surface area contributed by atoms with Crippen LogP contribution in [-0.2, 0) is 0 Å². The summed E-state index contributed by atoms with van der Waals surface area (Å²) in [5.41, 5.74) is 1.61. The van der Waals surface area contributed by atoms with Crippen molar-refractivity contribution >= 4 is 5.91 Å². The molecule has 1 aliphatic heterocycles. The predicted octanol–water partition coefficient (Wildman–Crippen LogP) is 1.09. The molecule has 1 fully saturated rings. The summed E-state index contributed by atoms with van der Waals surface area (Å²) in [5.74, 6) is -0.0236. The zero-order valence-electron chi connectivity index (χ0n) is 11.9. The first-order chi connectivity index (χ1) is 10.3. The summed E-state index contributed by atoms with van der Waals surface area (Å²) < 4.78 is 1.80. The van der Waals surface area contributed by atoms with Gasteiger partial charge in [-0.2, -0.15) is 0 Å². The Labute approximate surface area is 123 Å². The number of amides is 1. The second-order valence-corrected chi connectivity index (χ2v) is 5.22. The van der Waals surface area contributed by atoms with E-state index in [-0.39, 0.29) is 5.91 Å². The zero-order valence-corrected chi connectivity index (χ0v) is 11.9. The molecule has 6 nitrogen and oxygen atoms in total. The molecule has 3 rings (SSSR count). The Morgan fingerprint density at radius 1 is 1.10 bits per heavy atom. The molecular weight excluding hydrogens is 266 g/mol. The van der Waals surface area contributed by atoms with Crippen LogP contribution >= 0.6 is 0 Å². The quantitative estimate of drug-likeness (QED) is 0.893. The van der Waals surface area contributed by atoms with Gasteiger partial charge in [-0.05, 0) is 50.2 Å². The maximum atomic E-state index is 12.1. The van der Waals surface area contributed by atoms with Crippen molar-refractivity contribution in [3.63, 3.8) is 0 Å². The van der Waals surface area contributed by atoms with Gasteiger partial charge < -0.3 is 10.2 Å². The molecule has 0 spiro atoms. The lowest BCUT2D eigenvalue weighted by Gasteiger charge is -2.14. The fourth-order valence-corrected chi connectivity index (χ4v) is 2.55. The normalized spacial score (nSPS) is 15.2. The lowest BCUT2D eigenvalue weighted by molar-refractivity contribution is 0.0950. The number of nitrogens with zero attached hydrogens (tertiary/aromatic N) is 4. The van der Waals surface area contributed by atoms with Gasteiger partial charge in [-0.15, -0.1) is 10.2 Å². The minimum absolute atomic E-state index is 0.0236. The van der Waals surface area contributed by atoms with Crippen LogP contribution in [-0.4, -0.2) is 51.8 Å². The van der Waals surface area contributed by atoms with Crippen LogP contribution in [0, 0.1) is 0 Å². The van der Waals surface area contributed by atoms with Crippen LogP contribution in [0.15, 0.2) is 36.9 Å². The molecule has 2 aromatic rings. The second kappa shape index (κ2) is 6.49. The highest BCUT2D eigenvalue weighted by atomic mass is 16.1. The Hall–Kier alpha value is -2.21. The summed E-state index contributed by atoms with van der Waals surface area (Å²) in [5, 5.41) is 10.5. The standard InChI is InChI=1S/C15H19N5O/c21-15(16-7-10-19-8-1-2-9-19)13-3-5-14(6-4-13)20-11-17-18-12-20/h3-6,11-12H,1-2,7-10H2,(H,16,21). The topological polar surface area (TPSA) is 63.1 Å². The highest BCUT2D eigenvalue weighted by Gasteiger charge is 2.11. The Balaban J connectivity index is 1.52. The molecule has 1 N–H and O–H groups in total. The molecule has 21 heavy (non-hydrogen) atoms. The van der Waals surface area contributed by atoms with Crippen LogP contribution in [0.1, 0.15) is 23.2 Å². The van der Waals surface area contributed by atoms with E-state index in [2.05, 4.69) is 20.4 Å². The monoisotopic (exact) mass is 285 g/mol. The molecule has 6 heteroatoms. The van der Waals surface area contributed by atoms with Crippen LogP contribution in [0.4, 0.5) is 0 Å². The lowest BCUT2D eigenvalue weighted by atomic mass is 10.2. The Morgan fingerprint density at radius 3 is 2.43 bits per heavy atom. The van der Waals surface area contributed by atoms with Crippen LogP contribution in [0.5, 0.6) is 0 Å². The Bertz CT molecular complexity index is 573. The minimum Gasteiger partial charge on any atom is -0.351 e. The smallest absolute Gasteiger partial charge is 0.251 e. The average molecular weight is 285 g/mol. The van der Waals surface area contributed by atoms with Crippen molar-refractivity contribution in [2.45, 2.75) is 12.8 Å². The van der Waals surface area contributed by atoms with Crippen LogP contribution in [0.2, 0.25) is 0 Å². The molecule has 1 aliphatic rings. The number of carbonyl (C=O) groups excluding carboxylic acids is 1. The summed E-state index contributed by atoms with van der Waals surface area (Å²) in [6.07, 6.45) is 5.81. The fourth-order valence-electron chi connectivity index (χ4n) is 2.55. The molecule has 1 aromatic heterocycles. The van der Waals surface area contributed by atoms with Crippen molar-refractivity contribution in [1.82, 2.24) is 25.0 Å². The van der Waals surface area contributed by atoms with E-state index in [1.54, 1.807) is 17.2 Å². The number of hydrogen-bond acceptors (Lipinski definition) is 4. The molecular formula is C15H19N5O. The molecule has 2 heterocycles. The van der Waals surface area contributed by atoms with Crippen molar-refractivity contribution in [3.05, 3.63) is 42.5 Å². The van der Waals surface area contributed by atoms with Gasteiger partial charge in [0.2, 0.25) is 0 Å². The molecule has 1 saturated heterocycles. The molecule has 0 unspecified atom stereocenters. The van der Waals surface area contributed by atoms with E-state index in [0.717, 1.165) is 25.3 Å². The van der Waals surface area contributed by atoms with Crippen molar-refractivity contribution in [2.75, 3.05) is 26.2 Å². The first-order valence-corrected chi connectivity index (χ1v) is 7.28. The fraction of sp³-hybridized carbons (Fsp3) is 0.400. The van der Waals surface area contributed by atoms with Gasteiger partial charge >= 0.3 is 0 Å². The van der Waals surface area contributed by atoms with Crippen molar-refractivity contribution in [1.29, 1.82) is 0 Å². The highest BCUT2D eigenvalue weighted by molar-refractivity contribution is 5.94. The maximum Gasteiger partial charge on any atom is 0.251 e. The molecule has 0 bridgehead atoms. The number of rotatable bonds is 5. The van der Waals surface area contributed by atoms with Crippen LogP contribution < -0.4 is 5.32 Å². The first-order valence-electron chi connectivity index (χ1n) is 7.28. The Morgan fingerprint density at radius 2 is 1.76 bits per heavy atom. The Kier molecular flexibility index (Phi) is 4.25. The van der Waals surface area contributed by atoms with E-state index in [1.165, 1.54) is 12.8 Å². The van der Waals surface area contributed by atoms with E-state index >= 15 is 0 Å². The molecule has 110 valence electrons. The number of aromatic nitrogens is 3. The number of benzene rings is 1. The zero-order chi connectivity index (χ0) is 14.5. The third-order valence-electron chi connectivity index (χ3n) is 3.76. The third kappa shape index (κ3) is 3.46. The maximum absolute atomic E-state index is 12.1. The van der Waals surface area contributed by atoms with Crippen LogP contribution in [0.3, 0.4) is 0 Å². The molecule has 0 aliphatic carbocycles. The average Bonchev–Trinajstić information content (AvgIpc) is 3.21. The van der Waals surface area contributed by atoms with E-state index in [4.69, 9.17) is 0 Å². The second-order valence-electron chi connectivity index (χ2n) is 5.22. The number of likely N-dealkylation sites (tertiary alicyclic amines) is 1. The molecule has 1 aromatic carbocycles. The van der Waals surface area contributed by atoms with Gasteiger partial charge in [0, 0.05) is 24.3 Å². The number of nitrogens with one attached hydrogen (secondary N) is 1. The SMILES string of the molecule is O=C(NCCN1CCCC1)c1ccc(-n2cnnc2)cc1. The largest absolute Gasteiger partial charge is 0.351 e. The molecule has 0 saturated carbocycles. The number of hydrogen-bond donors (Lipinski definition) is 1. The summed E-state index contributed by atoms with van der Waals surface area (Å²) in [4.78, 5) is 14.4. The van der Waals surface area contributed by atoms with E-state index < -0.39 is 0 Å². The summed E-state index contributed by atoms with van der Waals surface area (Å²) >= 11 is 0. The first kappa shape index (κ1) is 13.8. The highest BCUT2D eigenvalue weighted by Crippen LogP contribution is 2.09. The molecule has 0 radical (unpaired) electrons. The molecule has 1 amide bonds. The predicted molar refractivity (Wildman–Crippen MR) is 79.4 cm³/mol. The van der Waals surface area contributed by atoms with Crippen LogP contribution in [0.25, 0.3) is 5.69 Å². The van der Waals surface area contributed by atoms with Gasteiger partial charge in [0.05, 0.1) is 0 Å². The minimum atomic E-state index is -0.0236. The van der Waals surface area contributed by atoms with Gasteiger partial charge in [-0.3, -0.25) is 9.36 Å². The van der Waals surface area contributed by atoms with Crippen molar-refractivity contribution < 1.29 is 4.79 Å². The van der Waals surface area contributed by atoms with E-state index in [9.17, 15) is 4.79 Å². The van der Waals surface area contributed by atoms with E-state index in [1.807, 2.05) is 24.3 Å². The third-order valence-corrected chi connectivity index (χ3v) is 3.76. The van der Waals surface area contributed by atoms with Gasteiger partial charge in [0.25, 0.3) is 5.91 Å². The number of carbonyl (C=O) groups is 1. The lowest BCUT2D eigenvalue weighted by Crippen LogP contribution is -2.33. The van der Waals surface area contributed by atoms with Gasteiger partial charge in [0.1, 0.15) is 12.7 Å². The van der Waals surface area contributed by atoms with Crippen molar-refractivity contribution in [3.8, 4) is 5.69 Å². The summed E-state index contributed by atoms with van der Waals surface area (Å²) in [6, 6.07) is 7.42. The van der Waals surface area contributed by atoms with Gasteiger partial charge in [-0.25, -0.2) is 0 Å². The van der Waals surface area contributed by atoms with Gasteiger partial charge in [0.15, 0.2) is 0 Å². The van der Waals surface area contributed by atoms with E-state index in [0.29, 0.717) is 12.1 Å². The van der Waals surface area contributed by atoms with Gasteiger partial charge in [-0.1, -0.05) is 0 Å². The summed E-state index contributed by atoms with van der Waals surface area (Å²) in [7, 11) is 0.